The summed E-state index contributed by atoms with van der Waals surface area (Å²) in [6.07, 6.45) is 1.02. The topological polar surface area (TPSA) is 111 Å². The Bertz CT molecular complexity index is 1290. The molecule has 0 bridgehead atoms. The van der Waals surface area contributed by atoms with E-state index in [2.05, 4.69) is 16.9 Å². The number of fused-ring (bicyclic) bond motifs is 1. The molecular weight excluding hydrogens is 448 g/mol. The van der Waals surface area contributed by atoms with Crippen LogP contribution in [0, 0.1) is 5.82 Å². The second-order valence-corrected chi connectivity index (χ2v) is 7.55. The van der Waals surface area contributed by atoms with Gasteiger partial charge in [0.15, 0.2) is 5.78 Å². The molecule has 0 aliphatic rings. The molecule has 1 unspecified atom stereocenters. The van der Waals surface area contributed by atoms with Crippen molar-refractivity contribution in [2.45, 2.75) is 31.8 Å². The van der Waals surface area contributed by atoms with Gasteiger partial charge in [0.1, 0.15) is 30.0 Å². The Morgan fingerprint density at radius 3 is 2.62 bits per heavy atom. The largest absolute Gasteiger partial charge is 0.513 e. The predicted molar refractivity (Wildman–Crippen MR) is 121 cm³/mol. The zero-order chi connectivity index (χ0) is 24.8. The van der Waals surface area contributed by atoms with E-state index < -0.39 is 47.6 Å². The molecular formula is C24H23F2N3O5. The number of hydrogen-bond donors (Lipinski definition) is 2. The molecule has 2 atom stereocenters. The highest BCUT2D eigenvalue weighted by Crippen LogP contribution is 2.24. The van der Waals surface area contributed by atoms with Crippen LogP contribution in [-0.2, 0) is 9.59 Å². The Morgan fingerprint density at radius 1 is 1.24 bits per heavy atom. The smallest absolute Gasteiger partial charge is 0.262 e. The van der Waals surface area contributed by atoms with Gasteiger partial charge in [-0.05, 0) is 36.8 Å². The van der Waals surface area contributed by atoms with Crippen LogP contribution in [0.2, 0.25) is 0 Å². The Labute approximate surface area is 193 Å². The third-order valence-corrected chi connectivity index (χ3v) is 5.09. The first-order valence-corrected chi connectivity index (χ1v) is 10.4. The second kappa shape index (κ2) is 10.7. The molecule has 10 heteroatoms. The van der Waals surface area contributed by atoms with Crippen molar-refractivity contribution in [3.63, 3.8) is 0 Å². The molecule has 8 nitrogen and oxygen atoms in total. The van der Waals surface area contributed by atoms with Gasteiger partial charge in [-0.15, -0.1) is 0 Å². The summed E-state index contributed by atoms with van der Waals surface area (Å²) in [5, 5.41) is 11.9. The molecule has 34 heavy (non-hydrogen) atoms. The number of ketones is 1. The van der Waals surface area contributed by atoms with Crippen molar-refractivity contribution >= 4 is 22.6 Å². The van der Waals surface area contributed by atoms with E-state index in [4.69, 9.17) is 4.74 Å². The zero-order valence-corrected chi connectivity index (χ0v) is 18.3. The molecule has 0 fully saturated rings. The standard InChI is InChI=1S/C24H23F2N3O5/c1-3-21(23(32)28-20(9-14(2)30)22(31)12-25)29-13-27-19-8-7-17(11-18(19)24(29)33)34-16-6-4-5-15(26)10-16/h4-8,10-11,13,20-21,30H,2-3,9,12H2,1H3,(H,28,32)/t20?,21-/m0/s1. The van der Waals surface area contributed by atoms with Crippen LogP contribution in [0.4, 0.5) is 8.78 Å². The Kier molecular flexibility index (Phi) is 7.72. The molecule has 1 heterocycles. The fraction of sp³-hybridized carbons (Fsp3) is 0.250. The quantitative estimate of drug-likeness (QED) is 0.436. The molecule has 0 saturated heterocycles. The number of hydrogen-bond acceptors (Lipinski definition) is 6. The number of aliphatic hydroxyl groups excluding tert-OH is 1. The van der Waals surface area contributed by atoms with Gasteiger partial charge in [0.2, 0.25) is 5.91 Å². The van der Waals surface area contributed by atoms with Gasteiger partial charge < -0.3 is 15.2 Å². The summed E-state index contributed by atoms with van der Waals surface area (Å²) in [4.78, 5) is 42.1. The van der Waals surface area contributed by atoms with Crippen molar-refractivity contribution in [2.75, 3.05) is 6.67 Å². The van der Waals surface area contributed by atoms with E-state index in [0.717, 1.165) is 4.57 Å². The number of nitrogens with one attached hydrogen (secondary N) is 1. The molecule has 0 aliphatic heterocycles. The molecule has 3 aromatic rings. The van der Waals surface area contributed by atoms with E-state index >= 15 is 0 Å². The van der Waals surface area contributed by atoms with Gasteiger partial charge in [-0.25, -0.2) is 13.8 Å². The Balaban J connectivity index is 1.92. The molecule has 2 aromatic carbocycles. The number of nitrogens with zero attached hydrogens (tertiary/aromatic N) is 2. The van der Waals surface area contributed by atoms with E-state index in [-0.39, 0.29) is 29.7 Å². The summed E-state index contributed by atoms with van der Waals surface area (Å²) in [7, 11) is 0. The monoisotopic (exact) mass is 471 g/mol. The average Bonchev–Trinajstić information content (AvgIpc) is 2.80. The number of aromatic nitrogens is 2. The van der Waals surface area contributed by atoms with Gasteiger partial charge in [0.25, 0.3) is 5.56 Å². The van der Waals surface area contributed by atoms with Crippen LogP contribution < -0.4 is 15.6 Å². The summed E-state index contributed by atoms with van der Waals surface area (Å²) in [6, 6.07) is 7.69. The molecule has 0 aliphatic carbocycles. The fourth-order valence-electron chi connectivity index (χ4n) is 3.42. The minimum atomic E-state index is -1.33. The van der Waals surface area contributed by atoms with E-state index in [1.165, 1.54) is 30.6 Å². The fourth-order valence-corrected chi connectivity index (χ4v) is 3.42. The Hall–Kier alpha value is -4.08. The lowest BCUT2D eigenvalue weighted by Gasteiger charge is -2.22. The molecule has 1 amide bonds. The van der Waals surface area contributed by atoms with Crippen LogP contribution >= 0.6 is 0 Å². The van der Waals surface area contributed by atoms with Gasteiger partial charge >= 0.3 is 0 Å². The average molecular weight is 471 g/mol. The molecule has 2 N–H and O–H groups in total. The first-order chi connectivity index (χ1) is 16.2. The first-order valence-electron chi connectivity index (χ1n) is 10.4. The van der Waals surface area contributed by atoms with E-state index in [9.17, 15) is 28.3 Å². The van der Waals surface area contributed by atoms with E-state index in [1.807, 2.05) is 0 Å². The number of aliphatic hydroxyl groups is 1. The number of carbonyl (C=O) groups is 2. The summed E-state index contributed by atoms with van der Waals surface area (Å²) in [6.45, 7) is 3.59. The predicted octanol–water partition coefficient (Wildman–Crippen LogP) is 3.76. The van der Waals surface area contributed by atoms with Crippen molar-refractivity contribution < 1.29 is 28.2 Å². The third kappa shape index (κ3) is 5.64. The lowest BCUT2D eigenvalue weighted by atomic mass is 10.1. The maximum Gasteiger partial charge on any atom is 0.262 e. The maximum atomic E-state index is 13.4. The first kappa shape index (κ1) is 24.6. The van der Waals surface area contributed by atoms with E-state index in [1.54, 1.807) is 25.1 Å². The van der Waals surface area contributed by atoms with Gasteiger partial charge in [-0.3, -0.25) is 19.0 Å². The Morgan fingerprint density at radius 2 is 1.97 bits per heavy atom. The van der Waals surface area contributed by atoms with Gasteiger partial charge in [-0.2, -0.15) is 0 Å². The molecule has 178 valence electrons. The van der Waals surface area contributed by atoms with Gasteiger partial charge in [-0.1, -0.05) is 19.6 Å². The molecule has 0 radical (unpaired) electrons. The lowest BCUT2D eigenvalue weighted by molar-refractivity contribution is -0.130. The van der Waals surface area contributed by atoms with Gasteiger partial charge in [0, 0.05) is 12.5 Å². The van der Waals surface area contributed by atoms with Crippen molar-refractivity contribution in [2.24, 2.45) is 0 Å². The van der Waals surface area contributed by atoms with Crippen LogP contribution in [0.15, 0.2) is 65.9 Å². The van der Waals surface area contributed by atoms with E-state index in [0.29, 0.717) is 5.52 Å². The van der Waals surface area contributed by atoms with Crippen molar-refractivity contribution in [3.8, 4) is 11.5 Å². The van der Waals surface area contributed by atoms with Crippen LogP contribution in [0.3, 0.4) is 0 Å². The number of benzene rings is 2. The van der Waals surface area contributed by atoms with Crippen LogP contribution in [-0.4, -0.2) is 39.1 Å². The van der Waals surface area contributed by atoms with Crippen LogP contribution in [0.1, 0.15) is 25.8 Å². The number of halogens is 2. The molecule has 0 saturated carbocycles. The number of alkyl halides is 1. The van der Waals surface area contributed by atoms with Crippen molar-refractivity contribution in [1.82, 2.24) is 14.9 Å². The normalized spacial score (nSPS) is 12.7. The third-order valence-electron chi connectivity index (χ3n) is 5.09. The highest BCUT2D eigenvalue weighted by atomic mass is 19.1. The lowest BCUT2D eigenvalue weighted by Crippen LogP contribution is -2.46. The van der Waals surface area contributed by atoms with Crippen LogP contribution in [0.25, 0.3) is 10.9 Å². The van der Waals surface area contributed by atoms with Crippen molar-refractivity contribution in [3.05, 3.63) is 77.3 Å². The van der Waals surface area contributed by atoms with Crippen LogP contribution in [0.5, 0.6) is 11.5 Å². The molecule has 3 rings (SSSR count). The maximum absolute atomic E-state index is 13.4. The number of rotatable bonds is 10. The highest BCUT2D eigenvalue weighted by molar-refractivity contribution is 5.91. The summed E-state index contributed by atoms with van der Waals surface area (Å²) in [5.41, 5.74) is -0.193. The molecule has 1 aromatic heterocycles. The highest BCUT2D eigenvalue weighted by Gasteiger charge is 2.27. The number of Topliss-reactive ketones (excluding diaryl/α,β-unsaturated/α-hetero) is 1. The summed E-state index contributed by atoms with van der Waals surface area (Å²) in [5.74, 6) is -2.01. The SMILES string of the molecule is C=C(O)CC(NC(=O)[C@H](CC)n1cnc2ccc(Oc3cccc(F)c3)cc2c1=O)C(=O)CF. The van der Waals surface area contributed by atoms with Gasteiger partial charge in [0.05, 0.1) is 29.0 Å². The van der Waals surface area contributed by atoms with Crippen molar-refractivity contribution in [1.29, 1.82) is 0 Å². The minimum Gasteiger partial charge on any atom is -0.513 e. The second-order valence-electron chi connectivity index (χ2n) is 7.55. The zero-order valence-electron chi connectivity index (χ0n) is 18.3. The number of carbonyl (C=O) groups excluding carboxylic acids is 2. The minimum absolute atomic E-state index is 0.155. The molecule has 0 spiro atoms. The number of ether oxygens (including phenoxy) is 1. The number of amides is 1. The summed E-state index contributed by atoms with van der Waals surface area (Å²) < 4.78 is 33.1. The summed E-state index contributed by atoms with van der Waals surface area (Å²) >= 11 is 0.